The number of benzene rings is 1. The Balaban J connectivity index is 1.89. The predicted octanol–water partition coefficient (Wildman–Crippen LogP) is 4.43. The first kappa shape index (κ1) is 14.9. The van der Waals surface area contributed by atoms with Gasteiger partial charge in [0, 0.05) is 17.8 Å². The minimum absolute atomic E-state index is 0.469. The van der Waals surface area contributed by atoms with Crippen LogP contribution in [0.15, 0.2) is 24.3 Å². The Hall–Kier alpha value is -0.470. The molecule has 1 heterocycles. The van der Waals surface area contributed by atoms with Crippen LogP contribution in [0.3, 0.4) is 0 Å². The fourth-order valence-corrected chi connectivity index (χ4v) is 3.82. The number of rotatable bonds is 5. The van der Waals surface area contributed by atoms with Crippen LogP contribution in [0.5, 0.6) is 0 Å². The van der Waals surface area contributed by atoms with Gasteiger partial charge in [0.25, 0.3) is 0 Å². The quantitative estimate of drug-likeness (QED) is 0.854. The summed E-state index contributed by atoms with van der Waals surface area (Å²) in [5.74, 6) is 3.35. The smallest absolute Gasteiger partial charge is 0.0294 e. The predicted molar refractivity (Wildman–Crippen MR) is 86.9 cm³/mol. The van der Waals surface area contributed by atoms with Crippen LogP contribution in [-0.2, 0) is 6.42 Å². The molecule has 0 saturated carbocycles. The van der Waals surface area contributed by atoms with Crippen molar-refractivity contribution >= 4 is 11.8 Å². The van der Waals surface area contributed by atoms with Crippen molar-refractivity contribution in [3.8, 4) is 0 Å². The second-order valence-corrected chi connectivity index (χ2v) is 7.29. The van der Waals surface area contributed by atoms with Crippen LogP contribution in [0.1, 0.15) is 50.8 Å². The fraction of sp³-hybridized carbons (Fsp3) is 0.647. The van der Waals surface area contributed by atoms with Gasteiger partial charge in [0.15, 0.2) is 0 Å². The molecule has 2 heteroatoms. The highest BCUT2D eigenvalue weighted by Gasteiger charge is 2.16. The first-order valence-electron chi connectivity index (χ1n) is 7.58. The van der Waals surface area contributed by atoms with Crippen molar-refractivity contribution in [2.24, 2.45) is 5.92 Å². The number of nitrogens with one attached hydrogen (secondary N) is 1. The Bertz CT molecular complexity index is 365. The van der Waals surface area contributed by atoms with Gasteiger partial charge in [0.1, 0.15) is 0 Å². The summed E-state index contributed by atoms with van der Waals surface area (Å²) < 4.78 is 0. The molecule has 0 aromatic heterocycles. The number of hydrogen-bond donors (Lipinski definition) is 1. The highest BCUT2D eigenvalue weighted by Crippen LogP contribution is 2.21. The van der Waals surface area contributed by atoms with Crippen LogP contribution in [0.2, 0.25) is 0 Å². The highest BCUT2D eigenvalue weighted by molar-refractivity contribution is 7.99. The van der Waals surface area contributed by atoms with Crippen molar-refractivity contribution in [2.45, 2.75) is 52.1 Å². The molecule has 0 radical (unpaired) electrons. The molecule has 1 nitrogen and oxygen atoms in total. The molecular formula is C17H27NS. The van der Waals surface area contributed by atoms with E-state index in [0.717, 1.165) is 5.92 Å². The van der Waals surface area contributed by atoms with Crippen LogP contribution >= 0.6 is 11.8 Å². The van der Waals surface area contributed by atoms with E-state index < -0.39 is 0 Å². The molecule has 106 valence electrons. The second kappa shape index (κ2) is 7.35. The van der Waals surface area contributed by atoms with E-state index in [2.05, 4.69) is 62.1 Å². The monoisotopic (exact) mass is 277 g/mol. The van der Waals surface area contributed by atoms with Crippen LogP contribution in [-0.4, -0.2) is 17.5 Å². The Morgan fingerprint density at radius 3 is 2.53 bits per heavy atom. The molecule has 1 N–H and O–H groups in total. The zero-order valence-electron chi connectivity index (χ0n) is 12.5. The molecule has 2 atom stereocenters. The summed E-state index contributed by atoms with van der Waals surface area (Å²) in [7, 11) is 0. The Morgan fingerprint density at radius 2 is 1.95 bits per heavy atom. The van der Waals surface area contributed by atoms with E-state index in [9.17, 15) is 0 Å². The van der Waals surface area contributed by atoms with Gasteiger partial charge in [0.2, 0.25) is 0 Å². The second-order valence-electron chi connectivity index (χ2n) is 6.14. The van der Waals surface area contributed by atoms with E-state index in [4.69, 9.17) is 0 Å². The van der Waals surface area contributed by atoms with E-state index in [1.165, 1.54) is 41.9 Å². The molecule has 1 aliphatic heterocycles. The van der Waals surface area contributed by atoms with Gasteiger partial charge < -0.3 is 5.32 Å². The van der Waals surface area contributed by atoms with E-state index in [-0.39, 0.29) is 0 Å². The van der Waals surface area contributed by atoms with Gasteiger partial charge >= 0.3 is 0 Å². The number of thioether (sulfide) groups is 1. The van der Waals surface area contributed by atoms with E-state index in [1.807, 2.05) is 0 Å². The van der Waals surface area contributed by atoms with Gasteiger partial charge in [-0.25, -0.2) is 0 Å². The molecule has 0 amide bonds. The normalized spacial score (nSPS) is 21.6. The lowest BCUT2D eigenvalue weighted by atomic mass is 9.99. The lowest BCUT2D eigenvalue weighted by Crippen LogP contribution is -2.35. The summed E-state index contributed by atoms with van der Waals surface area (Å²) in [5.41, 5.74) is 2.88. The third-order valence-electron chi connectivity index (χ3n) is 3.77. The summed E-state index contributed by atoms with van der Waals surface area (Å²) in [4.78, 5) is 0. The third-order valence-corrected chi connectivity index (χ3v) is 4.99. The van der Waals surface area contributed by atoms with Crippen LogP contribution < -0.4 is 5.32 Å². The summed E-state index contributed by atoms with van der Waals surface area (Å²) in [6, 6.07) is 10.4. The van der Waals surface area contributed by atoms with Crippen LogP contribution in [0.25, 0.3) is 0 Å². The molecule has 0 spiro atoms. The van der Waals surface area contributed by atoms with Gasteiger partial charge in [-0.05, 0) is 49.0 Å². The maximum atomic E-state index is 3.77. The van der Waals surface area contributed by atoms with Crippen LogP contribution in [0.4, 0.5) is 0 Å². The summed E-state index contributed by atoms with van der Waals surface area (Å²) >= 11 is 2.09. The van der Waals surface area contributed by atoms with Gasteiger partial charge in [-0.2, -0.15) is 11.8 Å². The standard InChI is InChI=1S/C17H27NS/c1-13(2)11-15-6-8-16(9-7-15)14(3)18-17-5-4-10-19-12-17/h6-9,13-14,17-18H,4-5,10-12H2,1-3H3. The molecule has 0 bridgehead atoms. The molecule has 1 aromatic rings. The molecular weight excluding hydrogens is 250 g/mol. The van der Waals surface area contributed by atoms with Gasteiger partial charge in [-0.15, -0.1) is 0 Å². The topological polar surface area (TPSA) is 12.0 Å². The lowest BCUT2D eigenvalue weighted by molar-refractivity contribution is 0.452. The summed E-state index contributed by atoms with van der Waals surface area (Å²) in [5, 5.41) is 3.77. The molecule has 1 saturated heterocycles. The SMILES string of the molecule is CC(C)Cc1ccc(C(C)NC2CCCSC2)cc1. The first-order chi connectivity index (χ1) is 9.15. The van der Waals surface area contributed by atoms with Crippen molar-refractivity contribution in [3.05, 3.63) is 35.4 Å². The zero-order chi connectivity index (χ0) is 13.7. The van der Waals surface area contributed by atoms with Crippen molar-refractivity contribution < 1.29 is 0 Å². The lowest BCUT2D eigenvalue weighted by Gasteiger charge is -2.26. The van der Waals surface area contributed by atoms with E-state index in [0.29, 0.717) is 12.1 Å². The van der Waals surface area contributed by atoms with Crippen molar-refractivity contribution in [3.63, 3.8) is 0 Å². The summed E-state index contributed by atoms with van der Waals surface area (Å²) in [6.45, 7) is 6.84. The third kappa shape index (κ3) is 4.85. The van der Waals surface area contributed by atoms with E-state index >= 15 is 0 Å². The Kier molecular flexibility index (Phi) is 5.77. The van der Waals surface area contributed by atoms with Gasteiger partial charge in [-0.3, -0.25) is 0 Å². The Morgan fingerprint density at radius 1 is 1.21 bits per heavy atom. The molecule has 0 aliphatic carbocycles. The molecule has 1 aromatic carbocycles. The molecule has 19 heavy (non-hydrogen) atoms. The van der Waals surface area contributed by atoms with E-state index in [1.54, 1.807) is 0 Å². The van der Waals surface area contributed by atoms with Crippen molar-refractivity contribution in [1.29, 1.82) is 0 Å². The molecule has 1 aliphatic rings. The summed E-state index contributed by atoms with van der Waals surface area (Å²) in [6.07, 6.45) is 3.88. The largest absolute Gasteiger partial charge is 0.307 e. The van der Waals surface area contributed by atoms with Crippen molar-refractivity contribution in [2.75, 3.05) is 11.5 Å². The average molecular weight is 277 g/mol. The minimum Gasteiger partial charge on any atom is -0.307 e. The molecule has 2 rings (SSSR count). The zero-order valence-corrected chi connectivity index (χ0v) is 13.3. The van der Waals surface area contributed by atoms with Gasteiger partial charge in [0.05, 0.1) is 0 Å². The van der Waals surface area contributed by atoms with Crippen LogP contribution in [0, 0.1) is 5.92 Å². The maximum Gasteiger partial charge on any atom is 0.0294 e. The molecule has 1 fully saturated rings. The molecule has 2 unspecified atom stereocenters. The maximum absolute atomic E-state index is 3.77. The van der Waals surface area contributed by atoms with Crippen molar-refractivity contribution in [1.82, 2.24) is 5.32 Å². The Labute approximate surface area is 122 Å². The first-order valence-corrected chi connectivity index (χ1v) is 8.73. The number of hydrogen-bond acceptors (Lipinski definition) is 2. The average Bonchev–Trinajstić information content (AvgIpc) is 2.40. The highest BCUT2D eigenvalue weighted by atomic mass is 32.2. The van der Waals surface area contributed by atoms with Gasteiger partial charge in [-0.1, -0.05) is 38.1 Å². The fourth-order valence-electron chi connectivity index (χ4n) is 2.74. The minimum atomic E-state index is 0.469.